The van der Waals surface area contributed by atoms with Crippen molar-refractivity contribution in [3.63, 3.8) is 0 Å². The molecule has 2 N–H and O–H groups in total. The molecule has 0 heterocycles. The topological polar surface area (TPSA) is 92.3 Å². The van der Waals surface area contributed by atoms with E-state index in [1.165, 1.54) is 6.07 Å². The number of hydrogen-bond donors (Lipinski definition) is 2. The quantitative estimate of drug-likeness (QED) is 0.581. The second-order valence-corrected chi connectivity index (χ2v) is 13.1. The minimum Gasteiger partial charge on any atom is -0.211 e. The number of benzene rings is 1. The summed E-state index contributed by atoms with van der Waals surface area (Å²) < 4.78 is 58.1. The molecule has 0 spiro atoms. The van der Waals surface area contributed by atoms with Gasteiger partial charge in [-0.3, -0.25) is 0 Å². The zero-order chi connectivity index (χ0) is 21.8. The first-order chi connectivity index (χ1) is 14.7. The molecule has 4 aliphatic carbocycles. The average Bonchev–Trinajstić information content (AvgIpc) is 3.52. The van der Waals surface area contributed by atoms with Gasteiger partial charge in [0.05, 0.1) is 0 Å². The van der Waals surface area contributed by atoms with E-state index in [2.05, 4.69) is 33.7 Å². The third-order valence-corrected chi connectivity index (χ3v) is 10.9. The fourth-order valence-electron chi connectivity index (χ4n) is 6.02. The molecule has 0 amide bonds. The van der Waals surface area contributed by atoms with E-state index in [0.29, 0.717) is 42.3 Å². The van der Waals surface area contributed by atoms with E-state index in [1.54, 1.807) is 19.1 Å². The molecule has 0 aliphatic heterocycles. The monoisotopic (exact) mass is 462 g/mol. The predicted molar refractivity (Wildman–Crippen MR) is 119 cm³/mol. The summed E-state index contributed by atoms with van der Waals surface area (Å²) in [5.74, 6) is 2.51. The SMILES string of the molecule is Cc1cccc(S(=O)(=O)NCC2CC3C=CC2C3)c1S(=O)(=O)NCC1CC2C=CC1C2. The van der Waals surface area contributed by atoms with Crippen LogP contribution >= 0.6 is 0 Å². The van der Waals surface area contributed by atoms with E-state index in [0.717, 1.165) is 25.7 Å². The van der Waals surface area contributed by atoms with Gasteiger partial charge in [-0.1, -0.05) is 36.4 Å². The van der Waals surface area contributed by atoms with Crippen LogP contribution in [0.4, 0.5) is 0 Å². The van der Waals surface area contributed by atoms with Crippen LogP contribution in [0.3, 0.4) is 0 Å². The predicted octanol–water partition coefficient (Wildman–Crippen LogP) is 2.98. The summed E-state index contributed by atoms with van der Waals surface area (Å²) in [5, 5.41) is 0. The van der Waals surface area contributed by atoms with Crippen molar-refractivity contribution >= 4 is 20.0 Å². The van der Waals surface area contributed by atoms with Crippen LogP contribution in [-0.2, 0) is 20.0 Å². The molecule has 1 aromatic rings. The van der Waals surface area contributed by atoms with Crippen LogP contribution in [0.25, 0.3) is 0 Å². The van der Waals surface area contributed by atoms with Crippen molar-refractivity contribution in [2.75, 3.05) is 13.1 Å². The molecule has 8 heteroatoms. The lowest BCUT2D eigenvalue weighted by Gasteiger charge is -2.21. The van der Waals surface area contributed by atoms with Crippen LogP contribution in [0.2, 0.25) is 0 Å². The van der Waals surface area contributed by atoms with Gasteiger partial charge in [0.1, 0.15) is 9.79 Å². The fourth-order valence-corrected chi connectivity index (χ4v) is 9.34. The van der Waals surface area contributed by atoms with Crippen molar-refractivity contribution in [2.24, 2.45) is 35.5 Å². The third kappa shape index (κ3) is 4.03. The molecule has 6 atom stereocenters. The van der Waals surface area contributed by atoms with Crippen molar-refractivity contribution in [1.29, 1.82) is 0 Å². The second kappa shape index (κ2) is 7.83. The molecule has 6 unspecified atom stereocenters. The Labute approximate surface area is 185 Å². The van der Waals surface area contributed by atoms with Gasteiger partial charge in [-0.2, -0.15) is 0 Å². The van der Waals surface area contributed by atoms with E-state index in [1.807, 2.05) is 0 Å². The molecule has 168 valence electrons. The van der Waals surface area contributed by atoms with Gasteiger partial charge < -0.3 is 0 Å². The first kappa shape index (κ1) is 21.4. The Kier molecular flexibility index (Phi) is 5.40. The van der Waals surface area contributed by atoms with Gasteiger partial charge in [-0.25, -0.2) is 26.3 Å². The van der Waals surface area contributed by atoms with E-state index < -0.39 is 20.0 Å². The highest BCUT2D eigenvalue weighted by Crippen LogP contribution is 2.44. The Morgan fingerprint density at radius 1 is 0.774 bits per heavy atom. The number of fused-ring (bicyclic) bond motifs is 4. The Hall–Kier alpha value is -1.48. The maximum Gasteiger partial charge on any atom is 0.242 e. The highest BCUT2D eigenvalue weighted by Gasteiger charge is 2.38. The van der Waals surface area contributed by atoms with Crippen molar-refractivity contribution in [1.82, 2.24) is 9.44 Å². The molecule has 0 aromatic heterocycles. The maximum absolute atomic E-state index is 13.2. The zero-order valence-electron chi connectivity index (χ0n) is 17.7. The molecule has 1 aromatic carbocycles. The Balaban J connectivity index is 1.34. The minimum atomic E-state index is -3.96. The zero-order valence-corrected chi connectivity index (χ0v) is 19.3. The first-order valence-electron chi connectivity index (χ1n) is 11.2. The molecule has 0 saturated heterocycles. The standard InChI is InChI=1S/C23H30N2O4S2/c1-15-3-2-4-22(30(26,27)24-13-20-11-16-5-7-18(20)9-16)23(15)31(28,29)25-14-21-12-17-6-8-19(21)10-17/h2-8,16-21,24-25H,9-14H2,1H3. The van der Waals surface area contributed by atoms with Gasteiger partial charge in [0, 0.05) is 13.1 Å². The van der Waals surface area contributed by atoms with Crippen LogP contribution in [-0.4, -0.2) is 29.9 Å². The molecular weight excluding hydrogens is 432 g/mol. The largest absolute Gasteiger partial charge is 0.242 e. The number of hydrogen-bond acceptors (Lipinski definition) is 4. The Morgan fingerprint density at radius 2 is 1.32 bits per heavy atom. The lowest BCUT2D eigenvalue weighted by Crippen LogP contribution is -2.35. The van der Waals surface area contributed by atoms with Crippen LogP contribution in [0.15, 0.2) is 52.3 Å². The molecule has 0 radical (unpaired) electrons. The lowest BCUT2D eigenvalue weighted by molar-refractivity contribution is 0.438. The number of allylic oxidation sites excluding steroid dienone is 4. The van der Waals surface area contributed by atoms with Crippen molar-refractivity contribution in [3.8, 4) is 0 Å². The highest BCUT2D eigenvalue weighted by atomic mass is 32.2. The molecular formula is C23H30N2O4S2. The summed E-state index contributed by atoms with van der Waals surface area (Å²) >= 11 is 0. The van der Waals surface area contributed by atoms with Gasteiger partial charge in [-0.15, -0.1) is 0 Å². The van der Waals surface area contributed by atoms with E-state index in [4.69, 9.17) is 0 Å². The second-order valence-electron chi connectivity index (χ2n) is 9.69. The number of rotatable bonds is 8. The summed E-state index contributed by atoms with van der Waals surface area (Å²) in [6, 6.07) is 4.64. The number of nitrogens with one attached hydrogen (secondary N) is 2. The van der Waals surface area contributed by atoms with E-state index in [9.17, 15) is 16.8 Å². The van der Waals surface area contributed by atoms with Gasteiger partial charge in [0.2, 0.25) is 20.0 Å². The summed E-state index contributed by atoms with van der Waals surface area (Å²) in [6.07, 6.45) is 13.0. The summed E-state index contributed by atoms with van der Waals surface area (Å²) in [5.41, 5.74) is 0.436. The van der Waals surface area contributed by atoms with Crippen LogP contribution in [0.1, 0.15) is 31.2 Å². The number of sulfonamides is 2. The summed E-state index contributed by atoms with van der Waals surface area (Å²) in [7, 11) is -7.91. The van der Waals surface area contributed by atoms with Gasteiger partial charge in [0.15, 0.2) is 0 Å². The first-order valence-corrected chi connectivity index (χ1v) is 14.1. The van der Waals surface area contributed by atoms with Crippen molar-refractivity contribution in [2.45, 2.75) is 42.4 Å². The molecule has 4 bridgehead atoms. The van der Waals surface area contributed by atoms with Crippen LogP contribution in [0.5, 0.6) is 0 Å². The Morgan fingerprint density at radius 3 is 1.81 bits per heavy atom. The van der Waals surface area contributed by atoms with Gasteiger partial charge >= 0.3 is 0 Å². The molecule has 6 nitrogen and oxygen atoms in total. The number of aryl methyl sites for hydroxylation is 1. The smallest absolute Gasteiger partial charge is 0.211 e. The highest BCUT2D eigenvalue weighted by molar-refractivity contribution is 7.92. The molecule has 2 fully saturated rings. The molecule has 2 saturated carbocycles. The fraction of sp³-hybridized carbons (Fsp3) is 0.565. The maximum atomic E-state index is 13.2. The summed E-state index contributed by atoms with van der Waals surface area (Å²) in [4.78, 5) is -0.291. The molecule has 31 heavy (non-hydrogen) atoms. The average molecular weight is 463 g/mol. The van der Waals surface area contributed by atoms with Crippen LogP contribution in [0, 0.1) is 42.4 Å². The lowest BCUT2D eigenvalue weighted by atomic mass is 9.94. The third-order valence-electron chi connectivity index (χ3n) is 7.64. The normalized spacial score (nSPS) is 33.6. The molecule has 4 aliphatic rings. The van der Waals surface area contributed by atoms with E-state index in [-0.39, 0.29) is 21.6 Å². The van der Waals surface area contributed by atoms with E-state index >= 15 is 0 Å². The van der Waals surface area contributed by atoms with Crippen LogP contribution < -0.4 is 9.44 Å². The van der Waals surface area contributed by atoms with Gasteiger partial charge in [-0.05, 0) is 79.7 Å². The Bertz CT molecular complexity index is 1140. The summed E-state index contributed by atoms with van der Waals surface area (Å²) in [6.45, 7) is 2.33. The van der Waals surface area contributed by atoms with Crippen molar-refractivity contribution in [3.05, 3.63) is 48.1 Å². The van der Waals surface area contributed by atoms with Crippen molar-refractivity contribution < 1.29 is 16.8 Å². The minimum absolute atomic E-state index is 0.131. The molecule has 5 rings (SSSR count). The van der Waals surface area contributed by atoms with Gasteiger partial charge in [0.25, 0.3) is 0 Å².